The van der Waals surface area contributed by atoms with E-state index in [9.17, 15) is 12.8 Å². The molecule has 0 fully saturated rings. The number of nitrogen functional groups attached to an aromatic ring is 1. The molecule has 1 atom stereocenters. The smallest absolute Gasteiger partial charge is 0.240 e. The predicted octanol–water partition coefficient (Wildman–Crippen LogP) is 0.945. The first kappa shape index (κ1) is 15.9. The molecule has 108 valence electrons. The Bertz CT molecular complexity index is 535. The highest BCUT2D eigenvalue weighted by Crippen LogP contribution is 2.20. The van der Waals surface area contributed by atoms with Crippen molar-refractivity contribution in [2.45, 2.75) is 24.8 Å². The van der Waals surface area contributed by atoms with Crippen LogP contribution in [-0.2, 0) is 10.0 Å². The fourth-order valence-corrected chi connectivity index (χ4v) is 2.66. The molecule has 1 unspecified atom stereocenters. The van der Waals surface area contributed by atoms with Gasteiger partial charge in [0.1, 0.15) is 5.82 Å². The Kier molecular flexibility index (Phi) is 4.89. The zero-order chi connectivity index (χ0) is 14.8. The number of aryl methyl sites for hydroxylation is 1. The van der Waals surface area contributed by atoms with Crippen molar-refractivity contribution >= 4 is 15.7 Å². The van der Waals surface area contributed by atoms with E-state index in [2.05, 4.69) is 4.72 Å². The second kappa shape index (κ2) is 5.85. The van der Waals surface area contributed by atoms with Gasteiger partial charge in [0.05, 0.1) is 10.6 Å². The van der Waals surface area contributed by atoms with Crippen molar-refractivity contribution in [3.8, 4) is 0 Å². The van der Waals surface area contributed by atoms with Gasteiger partial charge in [0, 0.05) is 12.6 Å². The monoisotopic (exact) mass is 289 g/mol. The van der Waals surface area contributed by atoms with Crippen LogP contribution in [0.15, 0.2) is 17.0 Å². The summed E-state index contributed by atoms with van der Waals surface area (Å²) in [6.45, 7) is 3.64. The van der Waals surface area contributed by atoms with Crippen LogP contribution in [0.25, 0.3) is 0 Å². The Hall–Kier alpha value is -1.18. The van der Waals surface area contributed by atoms with Crippen molar-refractivity contribution in [1.29, 1.82) is 0 Å². The summed E-state index contributed by atoms with van der Waals surface area (Å²) in [5, 5.41) is 0. The molecule has 0 aliphatic heterocycles. The number of likely N-dealkylation sites (N-methyl/N-ethyl adjacent to an activating group) is 1. The number of hydrogen-bond donors (Lipinski definition) is 2. The number of anilines is 1. The number of benzene rings is 1. The zero-order valence-corrected chi connectivity index (χ0v) is 12.4. The van der Waals surface area contributed by atoms with Crippen LogP contribution >= 0.6 is 0 Å². The van der Waals surface area contributed by atoms with E-state index in [-0.39, 0.29) is 28.7 Å². The van der Waals surface area contributed by atoms with Gasteiger partial charge in [0.2, 0.25) is 10.0 Å². The minimum atomic E-state index is -3.67. The van der Waals surface area contributed by atoms with Crippen LogP contribution < -0.4 is 10.5 Å². The SMILES string of the molecule is Cc1cc(S(=O)(=O)NCC(C)N(C)C)cc(N)c1F. The topological polar surface area (TPSA) is 75.4 Å². The van der Waals surface area contributed by atoms with Crippen LogP contribution in [-0.4, -0.2) is 40.0 Å². The number of rotatable bonds is 5. The molecule has 5 nitrogen and oxygen atoms in total. The van der Waals surface area contributed by atoms with Gasteiger partial charge in [0.25, 0.3) is 0 Å². The number of nitrogens with one attached hydrogen (secondary N) is 1. The first-order valence-corrected chi connectivity index (χ1v) is 7.35. The van der Waals surface area contributed by atoms with E-state index in [1.165, 1.54) is 13.0 Å². The summed E-state index contributed by atoms with van der Waals surface area (Å²) in [4.78, 5) is 1.88. The van der Waals surface area contributed by atoms with Gasteiger partial charge >= 0.3 is 0 Å². The van der Waals surface area contributed by atoms with Crippen molar-refractivity contribution < 1.29 is 12.8 Å². The highest BCUT2D eigenvalue weighted by Gasteiger charge is 2.18. The molecule has 0 spiro atoms. The van der Waals surface area contributed by atoms with Crippen molar-refractivity contribution in [2.24, 2.45) is 0 Å². The molecule has 0 radical (unpaired) electrons. The fraction of sp³-hybridized carbons (Fsp3) is 0.500. The van der Waals surface area contributed by atoms with Crippen LogP contribution in [0.4, 0.5) is 10.1 Å². The van der Waals surface area contributed by atoms with Gasteiger partial charge in [-0.2, -0.15) is 0 Å². The molecule has 19 heavy (non-hydrogen) atoms. The van der Waals surface area contributed by atoms with E-state index in [4.69, 9.17) is 5.73 Å². The third-order valence-electron chi connectivity index (χ3n) is 3.02. The summed E-state index contributed by atoms with van der Waals surface area (Å²) in [7, 11) is 0.0463. The lowest BCUT2D eigenvalue weighted by molar-refractivity contribution is 0.314. The Labute approximate surface area is 113 Å². The highest BCUT2D eigenvalue weighted by molar-refractivity contribution is 7.89. The average molecular weight is 289 g/mol. The average Bonchev–Trinajstić information content (AvgIpc) is 2.32. The molecule has 0 saturated carbocycles. The van der Waals surface area contributed by atoms with Crippen molar-refractivity contribution in [2.75, 3.05) is 26.4 Å². The van der Waals surface area contributed by atoms with E-state index >= 15 is 0 Å². The van der Waals surface area contributed by atoms with Crippen LogP contribution in [0.2, 0.25) is 0 Å². The largest absolute Gasteiger partial charge is 0.396 e. The van der Waals surface area contributed by atoms with Crippen LogP contribution in [0.3, 0.4) is 0 Å². The zero-order valence-electron chi connectivity index (χ0n) is 11.6. The first-order chi connectivity index (χ1) is 8.65. The lowest BCUT2D eigenvalue weighted by atomic mass is 10.2. The number of hydrogen-bond acceptors (Lipinski definition) is 4. The maximum atomic E-state index is 13.4. The normalized spacial score (nSPS) is 13.8. The number of halogens is 1. The molecular weight excluding hydrogens is 269 g/mol. The van der Waals surface area contributed by atoms with Crippen LogP contribution in [0.5, 0.6) is 0 Å². The first-order valence-electron chi connectivity index (χ1n) is 5.87. The van der Waals surface area contributed by atoms with Gasteiger partial charge in [0.15, 0.2) is 0 Å². The molecule has 1 aromatic carbocycles. The van der Waals surface area contributed by atoms with Gasteiger partial charge in [-0.25, -0.2) is 17.5 Å². The molecule has 0 aromatic heterocycles. The summed E-state index contributed by atoms with van der Waals surface area (Å²) in [5.74, 6) is -0.583. The summed E-state index contributed by atoms with van der Waals surface area (Å²) < 4.78 is 40.0. The van der Waals surface area contributed by atoms with E-state index in [1.54, 1.807) is 0 Å². The van der Waals surface area contributed by atoms with Gasteiger partial charge in [-0.3, -0.25) is 0 Å². The maximum absolute atomic E-state index is 13.4. The van der Waals surface area contributed by atoms with Crippen LogP contribution in [0.1, 0.15) is 12.5 Å². The molecule has 1 aromatic rings. The predicted molar refractivity (Wildman–Crippen MR) is 73.9 cm³/mol. The lowest BCUT2D eigenvalue weighted by Gasteiger charge is -2.20. The molecule has 0 aliphatic carbocycles. The van der Waals surface area contributed by atoms with E-state index in [0.717, 1.165) is 6.07 Å². The van der Waals surface area contributed by atoms with Gasteiger partial charge in [-0.1, -0.05) is 0 Å². The van der Waals surface area contributed by atoms with E-state index in [0.29, 0.717) is 0 Å². The summed E-state index contributed by atoms with van der Waals surface area (Å²) in [6.07, 6.45) is 0. The third-order valence-corrected chi connectivity index (χ3v) is 4.42. The van der Waals surface area contributed by atoms with E-state index < -0.39 is 15.8 Å². The van der Waals surface area contributed by atoms with Gasteiger partial charge in [-0.05, 0) is 45.6 Å². The fourth-order valence-electron chi connectivity index (χ4n) is 1.41. The Morgan fingerprint density at radius 3 is 2.47 bits per heavy atom. The number of nitrogens with zero attached hydrogens (tertiary/aromatic N) is 1. The number of nitrogens with two attached hydrogens (primary N) is 1. The molecule has 0 amide bonds. The minimum absolute atomic E-state index is 0.0187. The quantitative estimate of drug-likeness (QED) is 0.791. The second-order valence-electron chi connectivity index (χ2n) is 4.81. The standard InChI is InChI=1S/C12H20FN3O2S/c1-8-5-10(6-11(14)12(8)13)19(17,18)15-7-9(2)16(3)4/h5-6,9,15H,7,14H2,1-4H3. The third kappa shape index (κ3) is 3.89. The molecule has 1 rings (SSSR count). The minimum Gasteiger partial charge on any atom is -0.396 e. The molecule has 0 saturated heterocycles. The molecule has 0 heterocycles. The Balaban J connectivity index is 2.95. The lowest BCUT2D eigenvalue weighted by Crippen LogP contribution is -2.38. The van der Waals surface area contributed by atoms with Gasteiger partial charge < -0.3 is 10.6 Å². The molecular formula is C12H20FN3O2S. The molecule has 3 N–H and O–H groups in total. The molecule has 0 aliphatic rings. The molecule has 7 heteroatoms. The number of sulfonamides is 1. The van der Waals surface area contributed by atoms with Gasteiger partial charge in [-0.15, -0.1) is 0 Å². The Morgan fingerprint density at radius 1 is 1.42 bits per heavy atom. The maximum Gasteiger partial charge on any atom is 0.240 e. The Morgan fingerprint density at radius 2 is 2.00 bits per heavy atom. The van der Waals surface area contributed by atoms with Crippen molar-refractivity contribution in [3.05, 3.63) is 23.5 Å². The van der Waals surface area contributed by atoms with Crippen molar-refractivity contribution in [1.82, 2.24) is 9.62 Å². The van der Waals surface area contributed by atoms with Crippen LogP contribution in [0, 0.1) is 12.7 Å². The van der Waals surface area contributed by atoms with E-state index in [1.807, 2.05) is 25.9 Å². The second-order valence-corrected chi connectivity index (χ2v) is 6.57. The summed E-state index contributed by atoms with van der Waals surface area (Å²) in [5.41, 5.74) is 5.49. The summed E-state index contributed by atoms with van der Waals surface area (Å²) in [6, 6.07) is 2.45. The highest BCUT2D eigenvalue weighted by atomic mass is 32.2. The van der Waals surface area contributed by atoms with Crippen molar-refractivity contribution in [3.63, 3.8) is 0 Å². The molecule has 0 bridgehead atoms. The summed E-state index contributed by atoms with van der Waals surface area (Å²) >= 11 is 0.